The molecule has 0 saturated carbocycles. The summed E-state index contributed by atoms with van der Waals surface area (Å²) in [4.78, 5) is 12.0. The largest absolute Gasteiger partial charge is 0.348 e. The number of carbonyl (C=O) groups is 1. The maximum absolute atomic E-state index is 14.0. The number of hydrogen-bond donors (Lipinski definition) is 2. The van der Waals surface area contributed by atoms with Crippen LogP contribution in [0, 0.1) is 11.6 Å². The predicted octanol–water partition coefficient (Wildman–Crippen LogP) is 3.96. The van der Waals surface area contributed by atoms with E-state index in [1.165, 1.54) is 11.6 Å². The van der Waals surface area contributed by atoms with Crippen molar-refractivity contribution in [1.29, 1.82) is 0 Å². The van der Waals surface area contributed by atoms with Gasteiger partial charge >= 0.3 is 0 Å². The lowest BCUT2D eigenvalue weighted by Gasteiger charge is -2.18. The molecule has 2 rings (SSSR count). The van der Waals surface area contributed by atoms with E-state index in [0.717, 1.165) is 24.0 Å². The normalized spacial score (nSPS) is 12.2. The minimum Gasteiger partial charge on any atom is -0.348 e. The molecule has 156 valence electrons. The third-order valence-corrected chi connectivity index (χ3v) is 4.63. The fourth-order valence-corrected chi connectivity index (χ4v) is 3.09. The van der Waals surface area contributed by atoms with Gasteiger partial charge in [-0.3, -0.25) is 9.52 Å². The average molecular weight is 422 g/mol. The first-order chi connectivity index (χ1) is 13.3. The minimum absolute atomic E-state index is 0.0382. The van der Waals surface area contributed by atoms with E-state index in [1.54, 1.807) is 10.8 Å². The Hall–Kier alpha value is -2.74. The summed E-state index contributed by atoms with van der Waals surface area (Å²) in [5.74, 6) is -2.55. The van der Waals surface area contributed by atoms with Crippen LogP contribution in [0.25, 0.3) is 6.08 Å². The number of benzene rings is 2. The van der Waals surface area contributed by atoms with Crippen LogP contribution in [0.4, 0.5) is 14.5 Å². The lowest BCUT2D eigenvalue weighted by Crippen LogP contribution is -2.20. The maximum Gasteiger partial charge on any atom is 0.244 e. The Morgan fingerprint density at radius 2 is 1.62 bits per heavy atom. The number of nitrogens with one attached hydrogen (secondary N) is 2. The highest BCUT2D eigenvalue weighted by Gasteiger charge is 2.15. The van der Waals surface area contributed by atoms with Gasteiger partial charge in [0.1, 0.15) is 5.69 Å². The fraction of sp³-hybridized carbons (Fsp3) is 0.286. The first-order valence-corrected chi connectivity index (χ1v) is 10.8. The summed E-state index contributed by atoms with van der Waals surface area (Å²) in [6.07, 6.45) is 3.77. The fourth-order valence-electron chi connectivity index (χ4n) is 2.52. The van der Waals surface area contributed by atoms with Crippen molar-refractivity contribution in [2.45, 2.75) is 32.7 Å². The summed E-state index contributed by atoms with van der Waals surface area (Å²) < 4.78 is 52.0. The molecule has 0 saturated heterocycles. The summed E-state index contributed by atoms with van der Waals surface area (Å²) in [5, 5.41) is 2.53. The van der Waals surface area contributed by atoms with Crippen molar-refractivity contribution in [1.82, 2.24) is 5.32 Å². The van der Waals surface area contributed by atoms with E-state index in [4.69, 9.17) is 0 Å². The molecular formula is C21H24F2N2O3S. The number of halogens is 2. The quantitative estimate of drug-likeness (QED) is 0.692. The molecule has 0 radical (unpaired) electrons. The molecule has 1 amide bonds. The average Bonchev–Trinajstić information content (AvgIpc) is 2.60. The molecule has 2 N–H and O–H groups in total. The molecule has 0 aliphatic heterocycles. The van der Waals surface area contributed by atoms with E-state index >= 15 is 0 Å². The van der Waals surface area contributed by atoms with Gasteiger partial charge in [-0.1, -0.05) is 45.0 Å². The molecule has 0 fully saturated rings. The number of anilines is 1. The van der Waals surface area contributed by atoms with E-state index < -0.39 is 33.3 Å². The number of sulfonamides is 1. The molecule has 8 heteroatoms. The van der Waals surface area contributed by atoms with Gasteiger partial charge in [-0.2, -0.15) is 0 Å². The van der Waals surface area contributed by atoms with Gasteiger partial charge in [0.15, 0.2) is 11.6 Å². The standard InChI is InChI=1S/C21H24F2N2O3S/c1-21(2,3)16-8-5-14(6-9-16)7-10-19(26)24-13-15-11-17(22)20(18(23)12-15)25-29(4,27)28/h5-12,25H,13H2,1-4H3,(H,24,26)/b10-7+. The highest BCUT2D eigenvalue weighted by Crippen LogP contribution is 2.23. The van der Waals surface area contributed by atoms with Crippen LogP contribution in [0.1, 0.15) is 37.5 Å². The van der Waals surface area contributed by atoms with Gasteiger partial charge in [-0.25, -0.2) is 17.2 Å². The SMILES string of the molecule is CC(C)(C)c1ccc(/C=C/C(=O)NCc2cc(F)c(NS(C)(=O)=O)c(F)c2)cc1. The lowest BCUT2D eigenvalue weighted by molar-refractivity contribution is -0.116. The zero-order chi connectivity index (χ0) is 21.8. The Morgan fingerprint density at radius 1 is 1.07 bits per heavy atom. The second-order valence-electron chi connectivity index (χ2n) is 7.73. The Kier molecular flexibility index (Phi) is 6.79. The molecule has 29 heavy (non-hydrogen) atoms. The molecule has 5 nitrogen and oxygen atoms in total. The number of hydrogen-bond acceptors (Lipinski definition) is 3. The third-order valence-electron chi connectivity index (χ3n) is 4.06. The van der Waals surface area contributed by atoms with Crippen molar-refractivity contribution in [3.05, 3.63) is 70.8 Å². The molecule has 0 atom stereocenters. The topological polar surface area (TPSA) is 75.3 Å². The van der Waals surface area contributed by atoms with Crippen molar-refractivity contribution >= 4 is 27.7 Å². The number of carbonyl (C=O) groups excluding carboxylic acids is 1. The summed E-state index contributed by atoms with van der Waals surface area (Å²) >= 11 is 0. The summed E-state index contributed by atoms with van der Waals surface area (Å²) in [6.45, 7) is 6.22. The molecule has 2 aromatic carbocycles. The van der Waals surface area contributed by atoms with Crippen LogP contribution in [-0.4, -0.2) is 20.6 Å². The molecule has 0 spiro atoms. The Morgan fingerprint density at radius 3 is 2.10 bits per heavy atom. The molecule has 0 aliphatic carbocycles. The van der Waals surface area contributed by atoms with Gasteiger partial charge in [-0.05, 0) is 40.3 Å². The summed E-state index contributed by atoms with van der Waals surface area (Å²) in [6, 6.07) is 9.73. The Bertz CT molecular complexity index is 1000. The van der Waals surface area contributed by atoms with E-state index in [1.807, 2.05) is 24.3 Å². The van der Waals surface area contributed by atoms with Crippen molar-refractivity contribution in [2.24, 2.45) is 0 Å². The van der Waals surface area contributed by atoms with Crippen molar-refractivity contribution in [3.8, 4) is 0 Å². The Labute approximate surface area is 169 Å². The predicted molar refractivity (Wildman–Crippen MR) is 111 cm³/mol. The van der Waals surface area contributed by atoms with Gasteiger partial charge in [0.2, 0.25) is 15.9 Å². The molecule has 0 aliphatic rings. The van der Waals surface area contributed by atoms with Crippen LogP contribution in [0.5, 0.6) is 0 Å². The van der Waals surface area contributed by atoms with E-state index in [2.05, 4.69) is 26.1 Å². The minimum atomic E-state index is -3.81. The molecule has 0 heterocycles. The monoisotopic (exact) mass is 422 g/mol. The van der Waals surface area contributed by atoms with Crippen LogP contribution in [0.2, 0.25) is 0 Å². The first-order valence-electron chi connectivity index (χ1n) is 8.87. The summed E-state index contributed by atoms with van der Waals surface area (Å²) in [7, 11) is -3.81. The van der Waals surface area contributed by atoms with E-state index in [-0.39, 0.29) is 17.5 Å². The van der Waals surface area contributed by atoms with Gasteiger partial charge in [0.25, 0.3) is 0 Å². The van der Waals surface area contributed by atoms with Crippen molar-refractivity contribution in [2.75, 3.05) is 11.0 Å². The highest BCUT2D eigenvalue weighted by atomic mass is 32.2. The zero-order valence-corrected chi connectivity index (χ0v) is 17.5. The zero-order valence-electron chi connectivity index (χ0n) is 16.7. The van der Waals surface area contributed by atoms with Crippen LogP contribution < -0.4 is 10.0 Å². The molecule has 0 bridgehead atoms. The molecular weight excluding hydrogens is 398 g/mol. The van der Waals surface area contributed by atoms with Gasteiger partial charge in [0.05, 0.1) is 6.26 Å². The van der Waals surface area contributed by atoms with Crippen molar-refractivity contribution in [3.63, 3.8) is 0 Å². The highest BCUT2D eigenvalue weighted by molar-refractivity contribution is 7.92. The Balaban J connectivity index is 1.99. The van der Waals surface area contributed by atoms with Crippen LogP contribution in [0.3, 0.4) is 0 Å². The van der Waals surface area contributed by atoms with Crippen molar-refractivity contribution < 1.29 is 22.0 Å². The second-order valence-corrected chi connectivity index (χ2v) is 9.48. The van der Waals surface area contributed by atoms with Crippen LogP contribution in [0.15, 0.2) is 42.5 Å². The number of amides is 1. The molecule has 0 aromatic heterocycles. The smallest absolute Gasteiger partial charge is 0.244 e. The van der Waals surface area contributed by atoms with Gasteiger partial charge < -0.3 is 5.32 Å². The second kappa shape index (κ2) is 8.73. The third kappa shape index (κ3) is 6.98. The summed E-state index contributed by atoms with van der Waals surface area (Å²) in [5.41, 5.74) is 1.48. The van der Waals surface area contributed by atoms with Crippen LogP contribution >= 0.6 is 0 Å². The van der Waals surface area contributed by atoms with Gasteiger partial charge in [0, 0.05) is 12.6 Å². The van der Waals surface area contributed by atoms with Crippen LogP contribution in [-0.2, 0) is 26.8 Å². The van der Waals surface area contributed by atoms with E-state index in [9.17, 15) is 22.0 Å². The maximum atomic E-state index is 14.0. The number of rotatable bonds is 6. The van der Waals surface area contributed by atoms with E-state index in [0.29, 0.717) is 0 Å². The van der Waals surface area contributed by atoms with Gasteiger partial charge in [-0.15, -0.1) is 0 Å². The first kappa shape index (κ1) is 22.5. The molecule has 0 unspecified atom stereocenters. The lowest BCUT2D eigenvalue weighted by atomic mass is 9.87. The molecule has 2 aromatic rings.